The second kappa shape index (κ2) is 5.65. The van der Waals surface area contributed by atoms with Gasteiger partial charge in [-0.2, -0.15) is 4.68 Å². The number of nitrogens with zero attached hydrogens (tertiary/aromatic N) is 5. The first-order chi connectivity index (χ1) is 9.50. The van der Waals surface area contributed by atoms with Crippen LogP contribution >= 0.6 is 0 Å². The Labute approximate surface area is 113 Å². The summed E-state index contributed by atoms with van der Waals surface area (Å²) in [6.45, 7) is 5.07. The van der Waals surface area contributed by atoms with Crippen molar-refractivity contribution in [2.75, 3.05) is 12.3 Å². The molecule has 2 heterocycles. The third kappa shape index (κ3) is 2.74. The average molecular weight is 281 g/mol. The monoisotopic (exact) mass is 281 g/mol. The van der Waals surface area contributed by atoms with Crippen LogP contribution in [-0.2, 0) is 6.54 Å². The van der Waals surface area contributed by atoms with Gasteiger partial charge >= 0.3 is 5.97 Å². The molecule has 2 aromatic heterocycles. The molecule has 0 bridgehead atoms. The summed E-state index contributed by atoms with van der Waals surface area (Å²) in [7, 11) is 0. The molecule has 0 aliphatic carbocycles. The SMILES string of the molecule is CC(C)CNCc1c(C(=O)O)nnn1-c1nonc1N. The lowest BCUT2D eigenvalue weighted by atomic mass is 10.2. The van der Waals surface area contributed by atoms with Gasteiger partial charge in [-0.15, -0.1) is 5.10 Å². The van der Waals surface area contributed by atoms with E-state index < -0.39 is 5.97 Å². The van der Waals surface area contributed by atoms with Crippen LogP contribution in [0.1, 0.15) is 30.0 Å². The van der Waals surface area contributed by atoms with Crippen LogP contribution in [0.2, 0.25) is 0 Å². The van der Waals surface area contributed by atoms with Crippen molar-refractivity contribution in [1.29, 1.82) is 0 Å². The summed E-state index contributed by atoms with van der Waals surface area (Å²) in [5, 5.41) is 26.6. The lowest BCUT2D eigenvalue weighted by Gasteiger charge is -2.08. The fraction of sp³-hybridized carbons (Fsp3) is 0.500. The van der Waals surface area contributed by atoms with Crippen molar-refractivity contribution in [2.45, 2.75) is 20.4 Å². The van der Waals surface area contributed by atoms with Crippen molar-refractivity contribution in [3.05, 3.63) is 11.4 Å². The number of hydrogen-bond donors (Lipinski definition) is 3. The van der Waals surface area contributed by atoms with Gasteiger partial charge in [0, 0.05) is 6.54 Å². The number of anilines is 1. The lowest BCUT2D eigenvalue weighted by Crippen LogP contribution is -2.22. The van der Waals surface area contributed by atoms with Gasteiger partial charge in [-0.3, -0.25) is 0 Å². The van der Waals surface area contributed by atoms with Gasteiger partial charge in [-0.05, 0) is 22.8 Å². The molecular formula is C10H15N7O3. The summed E-state index contributed by atoms with van der Waals surface area (Å²) >= 11 is 0. The molecule has 10 nitrogen and oxygen atoms in total. The number of carboxylic acids is 1. The van der Waals surface area contributed by atoms with Crippen LogP contribution in [0.15, 0.2) is 4.63 Å². The number of hydrogen-bond acceptors (Lipinski definition) is 8. The molecule has 4 N–H and O–H groups in total. The number of nitrogens with one attached hydrogen (secondary N) is 1. The van der Waals surface area contributed by atoms with Gasteiger partial charge in [0.1, 0.15) is 0 Å². The van der Waals surface area contributed by atoms with Gasteiger partial charge < -0.3 is 16.2 Å². The van der Waals surface area contributed by atoms with Crippen molar-refractivity contribution in [3.63, 3.8) is 0 Å². The predicted octanol–water partition coefficient (Wildman–Crippen LogP) is -0.324. The molecule has 2 rings (SSSR count). The van der Waals surface area contributed by atoms with E-state index in [4.69, 9.17) is 10.8 Å². The smallest absolute Gasteiger partial charge is 0.358 e. The van der Waals surface area contributed by atoms with Gasteiger partial charge in [-0.1, -0.05) is 19.1 Å². The van der Waals surface area contributed by atoms with Crippen molar-refractivity contribution in [3.8, 4) is 5.82 Å². The zero-order chi connectivity index (χ0) is 14.7. The number of nitrogen functional groups attached to an aromatic ring is 1. The highest BCUT2D eigenvalue weighted by atomic mass is 16.6. The number of aromatic nitrogens is 5. The molecule has 0 spiro atoms. The molecule has 0 saturated carbocycles. The first-order valence-electron chi connectivity index (χ1n) is 5.97. The molecule has 10 heteroatoms. The first-order valence-corrected chi connectivity index (χ1v) is 5.97. The lowest BCUT2D eigenvalue weighted by molar-refractivity contribution is 0.0689. The minimum Gasteiger partial charge on any atom is -0.476 e. The van der Waals surface area contributed by atoms with E-state index in [2.05, 4.69) is 30.6 Å². The standard InChI is InChI=1S/C10H15N7O3/c1-5(2)3-12-4-6-7(10(18)19)13-16-17(6)9-8(11)14-20-15-9/h5,12H,3-4H2,1-2H3,(H2,11,14)(H,18,19). The molecule has 0 aliphatic heterocycles. The first kappa shape index (κ1) is 13.9. The summed E-state index contributed by atoms with van der Waals surface area (Å²) in [5.74, 6) is -0.623. The van der Waals surface area contributed by atoms with E-state index in [1.54, 1.807) is 0 Å². The Balaban J connectivity index is 2.33. The van der Waals surface area contributed by atoms with Crippen LogP contribution < -0.4 is 11.1 Å². The maximum Gasteiger partial charge on any atom is 0.358 e. The van der Waals surface area contributed by atoms with Crippen molar-refractivity contribution >= 4 is 11.8 Å². The number of carbonyl (C=O) groups is 1. The molecular weight excluding hydrogens is 266 g/mol. The number of carboxylic acid groups (broad SMARTS) is 1. The van der Waals surface area contributed by atoms with Crippen LogP contribution in [0.3, 0.4) is 0 Å². The van der Waals surface area contributed by atoms with Crippen LogP contribution in [0.5, 0.6) is 0 Å². The van der Waals surface area contributed by atoms with Crippen LogP contribution in [0.25, 0.3) is 5.82 Å². The highest BCUT2D eigenvalue weighted by Crippen LogP contribution is 2.15. The second-order valence-electron chi connectivity index (χ2n) is 4.60. The molecule has 0 radical (unpaired) electrons. The quantitative estimate of drug-likeness (QED) is 0.648. The van der Waals surface area contributed by atoms with E-state index in [0.717, 1.165) is 6.54 Å². The third-order valence-corrected chi connectivity index (χ3v) is 2.51. The molecule has 0 fully saturated rings. The normalized spacial score (nSPS) is 11.2. The summed E-state index contributed by atoms with van der Waals surface area (Å²) < 4.78 is 5.70. The average Bonchev–Trinajstić information content (AvgIpc) is 2.94. The fourth-order valence-electron chi connectivity index (χ4n) is 1.61. The van der Waals surface area contributed by atoms with Gasteiger partial charge in [0.25, 0.3) is 0 Å². The fourth-order valence-corrected chi connectivity index (χ4v) is 1.61. The summed E-state index contributed by atoms with van der Waals surface area (Å²) in [6, 6.07) is 0. The zero-order valence-corrected chi connectivity index (χ0v) is 11.1. The Morgan fingerprint density at radius 2 is 2.25 bits per heavy atom. The van der Waals surface area contributed by atoms with Gasteiger partial charge in [-0.25, -0.2) is 9.42 Å². The van der Waals surface area contributed by atoms with E-state index in [1.807, 2.05) is 13.8 Å². The predicted molar refractivity (Wildman–Crippen MR) is 67.1 cm³/mol. The maximum atomic E-state index is 11.2. The van der Waals surface area contributed by atoms with E-state index in [-0.39, 0.29) is 23.9 Å². The van der Waals surface area contributed by atoms with Crippen molar-refractivity contribution < 1.29 is 14.5 Å². The summed E-state index contributed by atoms with van der Waals surface area (Å²) in [5.41, 5.74) is 5.75. The van der Waals surface area contributed by atoms with Gasteiger partial charge in [0.2, 0.25) is 11.6 Å². The Morgan fingerprint density at radius 3 is 2.80 bits per heavy atom. The van der Waals surface area contributed by atoms with Gasteiger partial charge in [0.05, 0.1) is 5.69 Å². The number of nitrogens with two attached hydrogens (primary N) is 1. The Bertz CT molecular complexity index is 604. The minimum absolute atomic E-state index is 0.0111. The third-order valence-electron chi connectivity index (χ3n) is 2.51. The summed E-state index contributed by atoms with van der Waals surface area (Å²) in [4.78, 5) is 11.2. The highest BCUT2D eigenvalue weighted by Gasteiger charge is 2.23. The van der Waals surface area contributed by atoms with E-state index in [9.17, 15) is 4.79 Å². The maximum absolute atomic E-state index is 11.2. The number of rotatable bonds is 6. The van der Waals surface area contributed by atoms with E-state index >= 15 is 0 Å². The summed E-state index contributed by atoms with van der Waals surface area (Å²) in [6.07, 6.45) is 0. The van der Waals surface area contributed by atoms with Gasteiger partial charge in [0.15, 0.2) is 5.69 Å². The van der Waals surface area contributed by atoms with Crippen LogP contribution in [0, 0.1) is 5.92 Å². The topological polar surface area (TPSA) is 145 Å². The molecule has 2 aromatic rings. The van der Waals surface area contributed by atoms with Crippen molar-refractivity contribution in [1.82, 2.24) is 30.6 Å². The molecule has 108 valence electrons. The Hall–Kier alpha value is -2.49. The highest BCUT2D eigenvalue weighted by molar-refractivity contribution is 5.86. The van der Waals surface area contributed by atoms with Crippen molar-refractivity contribution in [2.24, 2.45) is 5.92 Å². The molecule has 20 heavy (non-hydrogen) atoms. The molecule has 0 saturated heterocycles. The molecule has 0 unspecified atom stereocenters. The molecule has 0 atom stereocenters. The zero-order valence-electron chi connectivity index (χ0n) is 11.1. The Morgan fingerprint density at radius 1 is 1.50 bits per heavy atom. The molecule has 0 aliphatic rings. The number of aromatic carboxylic acids is 1. The van der Waals surface area contributed by atoms with E-state index in [0.29, 0.717) is 11.6 Å². The Kier molecular flexibility index (Phi) is 3.94. The largest absolute Gasteiger partial charge is 0.476 e. The van der Waals surface area contributed by atoms with Crippen LogP contribution in [-0.4, -0.2) is 42.9 Å². The van der Waals surface area contributed by atoms with E-state index in [1.165, 1.54) is 4.68 Å². The minimum atomic E-state index is -1.17. The molecule has 0 aromatic carbocycles. The molecule has 0 amide bonds. The second-order valence-corrected chi connectivity index (χ2v) is 4.60. The van der Waals surface area contributed by atoms with Crippen LogP contribution in [0.4, 0.5) is 5.82 Å².